The van der Waals surface area contributed by atoms with E-state index in [4.69, 9.17) is 4.99 Å². The highest BCUT2D eigenvalue weighted by Crippen LogP contribution is 2.20. The molecule has 1 fully saturated rings. The van der Waals surface area contributed by atoms with Crippen LogP contribution in [0.5, 0.6) is 0 Å². The Kier molecular flexibility index (Phi) is 6.69. The van der Waals surface area contributed by atoms with Crippen molar-refractivity contribution in [1.29, 1.82) is 0 Å². The molecule has 5 nitrogen and oxygen atoms in total. The van der Waals surface area contributed by atoms with E-state index in [-0.39, 0.29) is 0 Å². The smallest absolute Gasteiger partial charge is 0.193 e. The molecule has 0 bridgehead atoms. The molecule has 3 rings (SSSR count). The Morgan fingerprint density at radius 2 is 2.15 bits per heavy atom. The second kappa shape index (κ2) is 9.41. The molecule has 0 aliphatic carbocycles. The Bertz CT molecular complexity index is 691. The van der Waals surface area contributed by atoms with Crippen LogP contribution in [-0.2, 0) is 13.0 Å². The van der Waals surface area contributed by atoms with Crippen LogP contribution in [0.15, 0.2) is 47.7 Å². The SMILES string of the molecule is CCNC(=NCCCn1cc(C)cn1)N1CCC(Cc2ccccc2)C1. The predicted octanol–water partition coefficient (Wildman–Crippen LogP) is 3.11. The van der Waals surface area contributed by atoms with Crippen LogP contribution in [-0.4, -0.2) is 46.8 Å². The highest BCUT2D eigenvalue weighted by Gasteiger charge is 2.24. The molecule has 5 heteroatoms. The number of nitrogens with zero attached hydrogens (tertiary/aromatic N) is 4. The van der Waals surface area contributed by atoms with Gasteiger partial charge in [0.25, 0.3) is 0 Å². The molecule has 0 amide bonds. The fourth-order valence-corrected chi connectivity index (χ4v) is 3.57. The van der Waals surface area contributed by atoms with Gasteiger partial charge in [0.05, 0.1) is 6.20 Å². The molecule has 1 unspecified atom stereocenters. The fraction of sp³-hybridized carbons (Fsp3) is 0.524. The molecule has 1 saturated heterocycles. The number of benzene rings is 1. The standard InChI is InChI=1S/C21H31N5/c1-3-22-21(23-11-7-12-26-16-18(2)15-24-26)25-13-10-20(17-25)14-19-8-5-4-6-9-19/h4-6,8-9,15-16,20H,3,7,10-14,17H2,1-2H3,(H,22,23). The van der Waals surface area contributed by atoms with Gasteiger partial charge >= 0.3 is 0 Å². The molecule has 1 aliphatic rings. The zero-order valence-electron chi connectivity index (χ0n) is 16.1. The van der Waals surface area contributed by atoms with Crippen LogP contribution in [0.4, 0.5) is 0 Å². The van der Waals surface area contributed by atoms with Gasteiger partial charge in [-0.1, -0.05) is 30.3 Å². The third kappa shape index (κ3) is 5.35. The number of nitrogens with one attached hydrogen (secondary N) is 1. The summed E-state index contributed by atoms with van der Waals surface area (Å²) in [6, 6.07) is 10.8. The van der Waals surface area contributed by atoms with Gasteiger partial charge in [-0.25, -0.2) is 0 Å². The van der Waals surface area contributed by atoms with E-state index in [1.54, 1.807) is 0 Å². The summed E-state index contributed by atoms with van der Waals surface area (Å²) in [6.07, 6.45) is 7.41. The maximum Gasteiger partial charge on any atom is 0.193 e. The Morgan fingerprint density at radius 3 is 2.88 bits per heavy atom. The van der Waals surface area contributed by atoms with E-state index in [0.29, 0.717) is 5.92 Å². The molecule has 140 valence electrons. The molecule has 1 aromatic carbocycles. The van der Waals surface area contributed by atoms with Gasteiger partial charge in [-0.05, 0) is 50.2 Å². The third-order valence-electron chi connectivity index (χ3n) is 4.86. The normalized spacial score (nSPS) is 17.7. The number of aromatic nitrogens is 2. The fourth-order valence-electron chi connectivity index (χ4n) is 3.57. The number of guanidine groups is 1. The lowest BCUT2D eigenvalue weighted by atomic mass is 9.99. The first kappa shape index (κ1) is 18.5. The van der Waals surface area contributed by atoms with Crippen LogP contribution in [0.2, 0.25) is 0 Å². The van der Waals surface area contributed by atoms with Crippen LogP contribution >= 0.6 is 0 Å². The number of likely N-dealkylation sites (tertiary alicyclic amines) is 1. The van der Waals surface area contributed by atoms with Crippen molar-refractivity contribution >= 4 is 5.96 Å². The third-order valence-corrected chi connectivity index (χ3v) is 4.86. The average molecular weight is 354 g/mol. The molecule has 1 N–H and O–H groups in total. The molecule has 26 heavy (non-hydrogen) atoms. The quantitative estimate of drug-likeness (QED) is 0.473. The molecule has 2 aromatic rings. The predicted molar refractivity (Wildman–Crippen MR) is 107 cm³/mol. The zero-order valence-corrected chi connectivity index (χ0v) is 16.1. The van der Waals surface area contributed by atoms with Crippen LogP contribution in [0, 0.1) is 12.8 Å². The van der Waals surface area contributed by atoms with E-state index in [1.807, 2.05) is 10.9 Å². The van der Waals surface area contributed by atoms with E-state index in [2.05, 4.69) is 65.7 Å². The largest absolute Gasteiger partial charge is 0.357 e. The van der Waals surface area contributed by atoms with E-state index < -0.39 is 0 Å². The van der Waals surface area contributed by atoms with E-state index in [0.717, 1.165) is 51.5 Å². The topological polar surface area (TPSA) is 45.5 Å². The van der Waals surface area contributed by atoms with Crippen LogP contribution in [0.25, 0.3) is 0 Å². The second-order valence-electron chi connectivity index (χ2n) is 7.16. The lowest BCUT2D eigenvalue weighted by Gasteiger charge is -2.21. The van der Waals surface area contributed by atoms with Gasteiger partial charge in [0, 0.05) is 38.9 Å². The summed E-state index contributed by atoms with van der Waals surface area (Å²) in [7, 11) is 0. The number of hydrogen-bond acceptors (Lipinski definition) is 2. The molecule has 1 aromatic heterocycles. The number of aryl methyl sites for hydroxylation is 2. The van der Waals surface area contributed by atoms with Crippen LogP contribution in [0.1, 0.15) is 30.9 Å². The average Bonchev–Trinajstić information content (AvgIpc) is 3.28. The zero-order chi connectivity index (χ0) is 18.2. The molecule has 2 heterocycles. The minimum atomic E-state index is 0.716. The summed E-state index contributed by atoms with van der Waals surface area (Å²) >= 11 is 0. The Hall–Kier alpha value is -2.30. The monoisotopic (exact) mass is 353 g/mol. The first-order chi connectivity index (χ1) is 12.7. The van der Waals surface area contributed by atoms with Crippen LogP contribution in [0.3, 0.4) is 0 Å². The van der Waals surface area contributed by atoms with Crippen molar-refractivity contribution in [3.8, 4) is 0 Å². The molecule has 1 atom stereocenters. The number of hydrogen-bond donors (Lipinski definition) is 1. The highest BCUT2D eigenvalue weighted by atomic mass is 15.3. The van der Waals surface area contributed by atoms with Crippen molar-refractivity contribution < 1.29 is 0 Å². The summed E-state index contributed by atoms with van der Waals surface area (Å²) < 4.78 is 2.00. The van der Waals surface area contributed by atoms with Crippen molar-refractivity contribution in [2.24, 2.45) is 10.9 Å². The summed E-state index contributed by atoms with van der Waals surface area (Å²) in [4.78, 5) is 7.27. The van der Waals surface area contributed by atoms with Gasteiger partial charge in [0.1, 0.15) is 0 Å². The summed E-state index contributed by atoms with van der Waals surface area (Å²) in [5.41, 5.74) is 2.65. The lowest BCUT2D eigenvalue weighted by molar-refractivity contribution is 0.459. The van der Waals surface area contributed by atoms with Gasteiger partial charge in [0.15, 0.2) is 5.96 Å². The Balaban J connectivity index is 1.49. The second-order valence-corrected chi connectivity index (χ2v) is 7.16. The number of aliphatic imine (C=N–C) groups is 1. The molecule has 0 radical (unpaired) electrons. The van der Waals surface area contributed by atoms with Crippen molar-refractivity contribution in [2.45, 2.75) is 39.7 Å². The molecule has 0 saturated carbocycles. The van der Waals surface area contributed by atoms with E-state index in [9.17, 15) is 0 Å². The van der Waals surface area contributed by atoms with Gasteiger partial charge in [-0.15, -0.1) is 0 Å². The van der Waals surface area contributed by atoms with E-state index in [1.165, 1.54) is 17.5 Å². The molecule has 1 aliphatic heterocycles. The first-order valence-electron chi connectivity index (χ1n) is 9.81. The van der Waals surface area contributed by atoms with Crippen molar-refractivity contribution in [2.75, 3.05) is 26.2 Å². The van der Waals surface area contributed by atoms with Crippen molar-refractivity contribution in [3.63, 3.8) is 0 Å². The first-order valence-corrected chi connectivity index (χ1v) is 9.81. The highest BCUT2D eigenvalue weighted by molar-refractivity contribution is 5.80. The van der Waals surface area contributed by atoms with Gasteiger partial charge in [-0.3, -0.25) is 9.67 Å². The minimum Gasteiger partial charge on any atom is -0.357 e. The van der Waals surface area contributed by atoms with Crippen molar-refractivity contribution in [3.05, 3.63) is 53.9 Å². The Morgan fingerprint density at radius 1 is 1.31 bits per heavy atom. The lowest BCUT2D eigenvalue weighted by Crippen LogP contribution is -2.40. The molecular weight excluding hydrogens is 322 g/mol. The van der Waals surface area contributed by atoms with Crippen molar-refractivity contribution in [1.82, 2.24) is 20.0 Å². The number of rotatable bonds is 7. The van der Waals surface area contributed by atoms with Gasteiger partial charge in [0.2, 0.25) is 0 Å². The van der Waals surface area contributed by atoms with Gasteiger partial charge in [-0.2, -0.15) is 5.10 Å². The molecule has 0 spiro atoms. The summed E-state index contributed by atoms with van der Waals surface area (Å²) in [6.45, 7) is 9.08. The van der Waals surface area contributed by atoms with Crippen LogP contribution < -0.4 is 5.32 Å². The minimum absolute atomic E-state index is 0.716. The van der Waals surface area contributed by atoms with E-state index >= 15 is 0 Å². The maximum atomic E-state index is 4.85. The Labute approximate surface area is 157 Å². The maximum absolute atomic E-state index is 4.85. The summed E-state index contributed by atoms with van der Waals surface area (Å²) in [5, 5.41) is 7.80. The molecular formula is C21H31N5. The summed E-state index contributed by atoms with van der Waals surface area (Å²) in [5.74, 6) is 1.79. The van der Waals surface area contributed by atoms with Gasteiger partial charge < -0.3 is 10.2 Å².